The molecular weight excluding hydrogens is 205 g/mol. The van der Waals surface area contributed by atoms with Gasteiger partial charge in [-0.3, -0.25) is 0 Å². The van der Waals surface area contributed by atoms with Crippen LogP contribution in [0.4, 0.5) is 0 Å². The van der Waals surface area contributed by atoms with Crippen LogP contribution in [0, 0.1) is 0 Å². The second kappa shape index (κ2) is 4.81. The van der Waals surface area contributed by atoms with Crippen LogP contribution in [-0.4, -0.2) is 4.98 Å². The molecule has 0 spiro atoms. The standard InChI is InChI=1S/C12H11NOP/c14-15(12-8-4-5-9-13-12)10-11-6-2-1-3-7-11/h1-9H,10H2/q+1. The highest BCUT2D eigenvalue weighted by Gasteiger charge is 2.20. The lowest BCUT2D eigenvalue weighted by atomic mass is 10.2. The summed E-state index contributed by atoms with van der Waals surface area (Å²) in [6.07, 6.45) is 2.24. The first-order valence-electron chi connectivity index (χ1n) is 4.76. The van der Waals surface area contributed by atoms with Crippen molar-refractivity contribution in [3.05, 3.63) is 60.3 Å². The number of benzene rings is 1. The lowest BCUT2D eigenvalue weighted by Crippen LogP contribution is -2.01. The fourth-order valence-electron chi connectivity index (χ4n) is 1.33. The molecule has 1 heterocycles. The van der Waals surface area contributed by atoms with E-state index in [2.05, 4.69) is 4.98 Å². The fourth-order valence-corrected chi connectivity index (χ4v) is 2.48. The lowest BCUT2D eigenvalue weighted by molar-refractivity contribution is 0.592. The predicted octanol–water partition coefficient (Wildman–Crippen LogP) is 2.73. The molecule has 0 amide bonds. The molecule has 0 N–H and O–H groups in total. The third-order valence-electron chi connectivity index (χ3n) is 2.07. The monoisotopic (exact) mass is 216 g/mol. The van der Waals surface area contributed by atoms with Gasteiger partial charge in [-0.15, -0.1) is 0 Å². The number of hydrogen-bond acceptors (Lipinski definition) is 2. The number of rotatable bonds is 3. The zero-order chi connectivity index (χ0) is 10.5. The highest BCUT2D eigenvalue weighted by Crippen LogP contribution is 2.24. The van der Waals surface area contributed by atoms with Crippen molar-refractivity contribution in [2.45, 2.75) is 6.16 Å². The molecule has 2 aromatic rings. The van der Waals surface area contributed by atoms with Gasteiger partial charge in [0.15, 0.2) is 6.16 Å². The Morgan fingerprint density at radius 1 is 1.00 bits per heavy atom. The van der Waals surface area contributed by atoms with Crippen LogP contribution in [0.2, 0.25) is 0 Å². The second-order valence-corrected chi connectivity index (χ2v) is 4.74. The van der Waals surface area contributed by atoms with E-state index >= 15 is 0 Å². The van der Waals surface area contributed by atoms with Crippen molar-refractivity contribution in [3.63, 3.8) is 0 Å². The molecule has 1 aromatic heterocycles. The minimum atomic E-state index is -1.41. The molecule has 0 fully saturated rings. The summed E-state index contributed by atoms with van der Waals surface area (Å²) in [6, 6.07) is 15.3. The van der Waals surface area contributed by atoms with Crippen molar-refractivity contribution < 1.29 is 4.57 Å². The van der Waals surface area contributed by atoms with E-state index in [1.165, 1.54) is 0 Å². The Morgan fingerprint density at radius 3 is 2.40 bits per heavy atom. The van der Waals surface area contributed by atoms with Crippen LogP contribution in [0.15, 0.2) is 54.7 Å². The summed E-state index contributed by atoms with van der Waals surface area (Å²) in [7, 11) is -1.41. The molecule has 15 heavy (non-hydrogen) atoms. The van der Waals surface area contributed by atoms with E-state index in [1.807, 2.05) is 48.5 Å². The molecule has 2 nitrogen and oxygen atoms in total. The number of pyridine rings is 1. The molecule has 0 aliphatic heterocycles. The summed E-state index contributed by atoms with van der Waals surface area (Å²) in [5, 5.41) is 0. The third kappa shape index (κ3) is 2.71. The van der Waals surface area contributed by atoms with Gasteiger partial charge in [0.05, 0.1) is 0 Å². The number of hydrogen-bond donors (Lipinski definition) is 0. The third-order valence-corrected chi connectivity index (χ3v) is 3.50. The maximum absolute atomic E-state index is 11.9. The lowest BCUT2D eigenvalue weighted by Gasteiger charge is -1.90. The first-order valence-corrected chi connectivity index (χ1v) is 6.20. The minimum Gasteiger partial charge on any atom is -0.213 e. The molecule has 0 saturated carbocycles. The quantitative estimate of drug-likeness (QED) is 0.738. The second-order valence-electron chi connectivity index (χ2n) is 3.21. The van der Waals surface area contributed by atoms with E-state index in [1.54, 1.807) is 6.20 Å². The molecule has 0 saturated heterocycles. The summed E-state index contributed by atoms with van der Waals surface area (Å²) in [5.74, 6) is 0. The van der Waals surface area contributed by atoms with Crippen molar-refractivity contribution in [2.24, 2.45) is 0 Å². The first kappa shape index (κ1) is 10.0. The van der Waals surface area contributed by atoms with E-state index in [4.69, 9.17) is 0 Å². The van der Waals surface area contributed by atoms with Gasteiger partial charge >= 0.3 is 7.80 Å². The Balaban J connectivity index is 2.12. The van der Waals surface area contributed by atoms with Crippen molar-refractivity contribution in [2.75, 3.05) is 0 Å². The van der Waals surface area contributed by atoms with E-state index in [0.29, 0.717) is 11.6 Å². The van der Waals surface area contributed by atoms with Gasteiger partial charge in [0.1, 0.15) is 0 Å². The van der Waals surface area contributed by atoms with E-state index < -0.39 is 7.80 Å². The highest BCUT2D eigenvalue weighted by atomic mass is 31.1. The Bertz CT molecular complexity index is 442. The Hall–Kier alpha value is -1.53. The van der Waals surface area contributed by atoms with Crippen molar-refractivity contribution in [3.8, 4) is 0 Å². The maximum atomic E-state index is 11.9. The van der Waals surface area contributed by atoms with Gasteiger partial charge in [-0.1, -0.05) is 41.0 Å². The van der Waals surface area contributed by atoms with Crippen LogP contribution in [0.1, 0.15) is 5.56 Å². The molecule has 74 valence electrons. The van der Waals surface area contributed by atoms with E-state index in [9.17, 15) is 4.57 Å². The minimum absolute atomic E-state index is 0.563. The number of nitrogens with zero attached hydrogens (tertiary/aromatic N) is 1. The highest BCUT2D eigenvalue weighted by molar-refractivity contribution is 7.52. The fraction of sp³-hybridized carbons (Fsp3) is 0.0833. The van der Waals surface area contributed by atoms with E-state index in [-0.39, 0.29) is 0 Å². The van der Waals surface area contributed by atoms with Crippen LogP contribution in [0.3, 0.4) is 0 Å². The average molecular weight is 216 g/mol. The van der Waals surface area contributed by atoms with Crippen LogP contribution in [-0.2, 0) is 10.7 Å². The molecule has 3 heteroatoms. The Kier molecular flexibility index (Phi) is 3.21. The van der Waals surface area contributed by atoms with Gasteiger partial charge < -0.3 is 0 Å². The SMILES string of the molecule is O=[P+](Cc1ccccc1)c1ccccn1. The zero-order valence-corrected chi connectivity index (χ0v) is 9.10. The summed E-state index contributed by atoms with van der Waals surface area (Å²) >= 11 is 0. The van der Waals surface area contributed by atoms with Gasteiger partial charge in [-0.05, 0) is 6.07 Å². The summed E-state index contributed by atoms with van der Waals surface area (Å²) in [4.78, 5) is 4.09. The molecule has 2 rings (SSSR count). The summed E-state index contributed by atoms with van der Waals surface area (Å²) < 4.78 is 11.9. The van der Waals surface area contributed by atoms with Gasteiger partial charge in [0.2, 0.25) is 0 Å². The van der Waals surface area contributed by atoms with Crippen LogP contribution >= 0.6 is 7.80 Å². The molecule has 1 atom stereocenters. The molecule has 1 unspecified atom stereocenters. The smallest absolute Gasteiger partial charge is 0.213 e. The Labute approximate surface area is 89.8 Å². The maximum Gasteiger partial charge on any atom is 0.401 e. The van der Waals surface area contributed by atoms with Gasteiger partial charge in [0.25, 0.3) is 5.44 Å². The molecule has 0 radical (unpaired) electrons. The van der Waals surface area contributed by atoms with Gasteiger partial charge in [0, 0.05) is 17.8 Å². The first-order chi connectivity index (χ1) is 7.36. The number of aromatic nitrogens is 1. The van der Waals surface area contributed by atoms with Gasteiger partial charge in [-0.2, -0.15) is 0 Å². The van der Waals surface area contributed by atoms with E-state index in [0.717, 1.165) is 5.56 Å². The summed E-state index contributed by atoms with van der Waals surface area (Å²) in [6.45, 7) is 0. The summed E-state index contributed by atoms with van der Waals surface area (Å²) in [5.41, 5.74) is 1.76. The Morgan fingerprint density at radius 2 is 1.73 bits per heavy atom. The molecule has 1 aromatic carbocycles. The average Bonchev–Trinajstić information content (AvgIpc) is 2.31. The van der Waals surface area contributed by atoms with Crippen molar-refractivity contribution >= 4 is 13.2 Å². The van der Waals surface area contributed by atoms with Crippen LogP contribution in [0.5, 0.6) is 0 Å². The largest absolute Gasteiger partial charge is 0.401 e. The van der Waals surface area contributed by atoms with Crippen molar-refractivity contribution in [1.29, 1.82) is 0 Å². The molecular formula is C12H11NOP+. The van der Waals surface area contributed by atoms with Crippen molar-refractivity contribution in [1.82, 2.24) is 4.98 Å². The predicted molar refractivity (Wildman–Crippen MR) is 61.6 cm³/mol. The molecule has 0 aliphatic carbocycles. The topological polar surface area (TPSA) is 30.0 Å². The van der Waals surface area contributed by atoms with Gasteiger partial charge in [-0.25, -0.2) is 4.98 Å². The zero-order valence-electron chi connectivity index (χ0n) is 8.21. The molecule has 0 aliphatic rings. The van der Waals surface area contributed by atoms with Crippen LogP contribution < -0.4 is 5.44 Å². The van der Waals surface area contributed by atoms with Crippen LogP contribution in [0.25, 0.3) is 0 Å². The molecule has 0 bridgehead atoms. The normalized spacial score (nSPS) is 11.1.